The normalized spacial score (nSPS) is 17.5. The zero-order chi connectivity index (χ0) is 17.1. The molecule has 0 saturated carbocycles. The van der Waals surface area contributed by atoms with E-state index >= 15 is 0 Å². The predicted octanol–water partition coefficient (Wildman–Crippen LogP) is 4.72. The lowest BCUT2D eigenvalue weighted by molar-refractivity contribution is 0.331. The van der Waals surface area contributed by atoms with E-state index in [0.717, 1.165) is 23.8 Å². The van der Waals surface area contributed by atoms with E-state index < -0.39 is 0 Å². The number of hydrogen-bond acceptors (Lipinski definition) is 4. The second-order valence-electron chi connectivity index (χ2n) is 7.26. The molecule has 1 saturated heterocycles. The smallest absolute Gasteiger partial charge is 0.0901 e. The van der Waals surface area contributed by atoms with Gasteiger partial charge < -0.3 is 10.2 Å². The highest BCUT2D eigenvalue weighted by Crippen LogP contribution is 2.26. The molecule has 2 heterocycles. The van der Waals surface area contributed by atoms with E-state index in [1.165, 1.54) is 24.1 Å². The van der Waals surface area contributed by atoms with Crippen LogP contribution in [0.1, 0.15) is 38.6 Å². The molecule has 1 aliphatic rings. The van der Waals surface area contributed by atoms with Crippen molar-refractivity contribution in [1.82, 2.24) is 10.3 Å². The van der Waals surface area contributed by atoms with E-state index in [1.807, 2.05) is 0 Å². The molecule has 1 aromatic heterocycles. The first-order chi connectivity index (χ1) is 11.5. The summed E-state index contributed by atoms with van der Waals surface area (Å²) in [7, 11) is 0. The summed E-state index contributed by atoms with van der Waals surface area (Å²) in [6, 6.07) is 10.2. The van der Waals surface area contributed by atoms with Crippen molar-refractivity contribution in [3.63, 3.8) is 0 Å². The van der Waals surface area contributed by atoms with Crippen molar-refractivity contribution >= 4 is 17.0 Å². The topological polar surface area (TPSA) is 28.2 Å². The molecule has 0 radical (unpaired) electrons. The van der Waals surface area contributed by atoms with Crippen molar-refractivity contribution in [1.29, 1.82) is 0 Å². The fourth-order valence-electron chi connectivity index (χ4n) is 3.21. The molecule has 24 heavy (non-hydrogen) atoms. The first kappa shape index (κ1) is 17.4. The molecule has 130 valence electrons. The molecule has 0 unspecified atom stereocenters. The van der Waals surface area contributed by atoms with Gasteiger partial charge in [0.1, 0.15) is 0 Å². The number of piperidine rings is 1. The maximum absolute atomic E-state index is 4.57. The Hall–Kier alpha value is -1.39. The lowest BCUT2D eigenvalue weighted by atomic mass is 10.00. The summed E-state index contributed by atoms with van der Waals surface area (Å²) in [5.41, 5.74) is 3.64. The van der Waals surface area contributed by atoms with Gasteiger partial charge in [0.15, 0.2) is 0 Å². The van der Waals surface area contributed by atoms with Crippen LogP contribution in [0.15, 0.2) is 29.6 Å². The minimum Gasteiger partial charge on any atom is -0.371 e. The van der Waals surface area contributed by atoms with Crippen LogP contribution in [0.3, 0.4) is 0 Å². The van der Waals surface area contributed by atoms with Gasteiger partial charge in [0.25, 0.3) is 0 Å². The third-order valence-electron chi connectivity index (χ3n) is 5.14. The van der Waals surface area contributed by atoms with Gasteiger partial charge in [-0.1, -0.05) is 26.0 Å². The average Bonchev–Trinajstić information content (AvgIpc) is 3.02. The van der Waals surface area contributed by atoms with E-state index in [-0.39, 0.29) is 0 Å². The minimum atomic E-state index is 0.599. The third-order valence-corrected chi connectivity index (χ3v) is 5.91. The van der Waals surface area contributed by atoms with Crippen LogP contribution in [0.2, 0.25) is 0 Å². The van der Waals surface area contributed by atoms with E-state index in [4.69, 9.17) is 0 Å². The fourth-order valence-corrected chi connectivity index (χ4v) is 3.83. The number of aromatic nitrogens is 1. The van der Waals surface area contributed by atoms with Crippen LogP contribution in [0.5, 0.6) is 0 Å². The number of anilines is 1. The summed E-state index contributed by atoms with van der Waals surface area (Å²) < 4.78 is 0. The highest BCUT2D eigenvalue weighted by Gasteiger charge is 2.21. The number of aryl methyl sites for hydroxylation is 1. The summed E-state index contributed by atoms with van der Waals surface area (Å²) in [6.07, 6.45) is 2.45. The molecule has 1 fully saturated rings. The van der Waals surface area contributed by atoms with Gasteiger partial charge in [-0.25, -0.2) is 4.98 Å². The van der Waals surface area contributed by atoms with Crippen molar-refractivity contribution in [2.24, 2.45) is 5.92 Å². The van der Waals surface area contributed by atoms with Gasteiger partial charge in [0.05, 0.1) is 10.7 Å². The number of nitrogens with one attached hydrogen (secondary N) is 1. The molecule has 3 rings (SSSR count). The second-order valence-corrected chi connectivity index (χ2v) is 8.32. The summed E-state index contributed by atoms with van der Waals surface area (Å²) in [5, 5.41) is 7.05. The van der Waals surface area contributed by atoms with Gasteiger partial charge in [0.2, 0.25) is 0 Å². The highest BCUT2D eigenvalue weighted by atomic mass is 32.1. The van der Waals surface area contributed by atoms with E-state index in [1.54, 1.807) is 11.3 Å². The van der Waals surface area contributed by atoms with Crippen molar-refractivity contribution in [2.75, 3.05) is 18.0 Å². The molecule has 1 aromatic carbocycles. The van der Waals surface area contributed by atoms with Crippen LogP contribution in [0, 0.1) is 12.8 Å². The van der Waals surface area contributed by atoms with Crippen LogP contribution in [0.4, 0.5) is 5.69 Å². The minimum absolute atomic E-state index is 0.599. The molecular formula is C20H29N3S. The summed E-state index contributed by atoms with van der Waals surface area (Å²) in [6.45, 7) is 11.2. The standard InChI is InChI=1S/C20H29N3S/c1-14(2)15(3)21-18-9-11-23(12-10-18)19-7-5-17(6-8-19)20-13-24-16(4)22-20/h5-8,13-15,18,21H,9-12H2,1-4H3/t15-/m0/s1. The monoisotopic (exact) mass is 343 g/mol. The molecule has 0 spiro atoms. The largest absolute Gasteiger partial charge is 0.371 e. The van der Waals surface area contributed by atoms with Crippen LogP contribution < -0.4 is 10.2 Å². The van der Waals surface area contributed by atoms with E-state index in [2.05, 4.69) is 72.5 Å². The highest BCUT2D eigenvalue weighted by molar-refractivity contribution is 7.09. The molecule has 3 nitrogen and oxygen atoms in total. The van der Waals surface area contributed by atoms with E-state index in [0.29, 0.717) is 18.0 Å². The summed E-state index contributed by atoms with van der Waals surface area (Å²) >= 11 is 1.71. The molecule has 0 aliphatic carbocycles. The van der Waals surface area contributed by atoms with Crippen LogP contribution >= 0.6 is 11.3 Å². The maximum atomic E-state index is 4.57. The molecule has 1 N–H and O–H groups in total. The van der Waals surface area contributed by atoms with Crippen LogP contribution in [-0.4, -0.2) is 30.2 Å². The van der Waals surface area contributed by atoms with Gasteiger partial charge >= 0.3 is 0 Å². The Balaban J connectivity index is 1.57. The van der Waals surface area contributed by atoms with Gasteiger partial charge in [-0.2, -0.15) is 0 Å². The zero-order valence-electron chi connectivity index (χ0n) is 15.2. The van der Waals surface area contributed by atoms with E-state index in [9.17, 15) is 0 Å². The number of nitrogens with zero attached hydrogens (tertiary/aromatic N) is 2. The molecule has 1 aliphatic heterocycles. The third kappa shape index (κ3) is 4.17. The summed E-state index contributed by atoms with van der Waals surface area (Å²) in [5.74, 6) is 0.699. The van der Waals surface area contributed by atoms with Gasteiger partial charge in [-0.05, 0) is 44.7 Å². The predicted molar refractivity (Wildman–Crippen MR) is 105 cm³/mol. The van der Waals surface area contributed by atoms with Crippen molar-refractivity contribution in [3.8, 4) is 11.3 Å². The molecule has 0 bridgehead atoms. The molecule has 2 aromatic rings. The number of benzene rings is 1. The van der Waals surface area contributed by atoms with Gasteiger partial charge in [0, 0.05) is 41.8 Å². The quantitative estimate of drug-likeness (QED) is 0.851. The second kappa shape index (κ2) is 7.66. The Bertz CT molecular complexity index is 639. The fraction of sp³-hybridized carbons (Fsp3) is 0.550. The first-order valence-electron chi connectivity index (χ1n) is 9.06. The van der Waals surface area contributed by atoms with Crippen LogP contribution in [0.25, 0.3) is 11.3 Å². The van der Waals surface area contributed by atoms with Crippen molar-refractivity contribution in [3.05, 3.63) is 34.7 Å². The molecular weight excluding hydrogens is 314 g/mol. The van der Waals surface area contributed by atoms with Crippen LogP contribution in [-0.2, 0) is 0 Å². The number of thiazole rings is 1. The Kier molecular flexibility index (Phi) is 5.57. The zero-order valence-corrected chi connectivity index (χ0v) is 16.1. The lowest BCUT2D eigenvalue weighted by Gasteiger charge is -2.36. The summed E-state index contributed by atoms with van der Waals surface area (Å²) in [4.78, 5) is 7.08. The first-order valence-corrected chi connectivity index (χ1v) is 9.94. The molecule has 0 amide bonds. The van der Waals surface area contributed by atoms with Crippen molar-refractivity contribution < 1.29 is 0 Å². The lowest BCUT2D eigenvalue weighted by Crippen LogP contribution is -2.46. The van der Waals surface area contributed by atoms with Gasteiger partial charge in [-0.15, -0.1) is 11.3 Å². The number of rotatable bonds is 5. The maximum Gasteiger partial charge on any atom is 0.0901 e. The Labute approximate surface area is 150 Å². The Morgan fingerprint density at radius 1 is 1.12 bits per heavy atom. The Morgan fingerprint density at radius 3 is 2.33 bits per heavy atom. The molecule has 1 atom stereocenters. The van der Waals surface area contributed by atoms with Gasteiger partial charge in [-0.3, -0.25) is 0 Å². The Morgan fingerprint density at radius 2 is 1.79 bits per heavy atom. The molecule has 4 heteroatoms. The van der Waals surface area contributed by atoms with Crippen molar-refractivity contribution in [2.45, 2.75) is 52.6 Å². The SMILES string of the molecule is Cc1nc(-c2ccc(N3CCC(N[C@@H](C)C(C)C)CC3)cc2)cs1. The number of hydrogen-bond donors (Lipinski definition) is 1. The average molecular weight is 344 g/mol.